The Morgan fingerprint density at radius 3 is 2.54 bits per heavy atom. The van der Waals surface area contributed by atoms with Crippen molar-refractivity contribution in [2.45, 2.75) is 18.3 Å². The lowest BCUT2D eigenvalue weighted by Gasteiger charge is -2.42. The Labute approximate surface area is 207 Å². The summed E-state index contributed by atoms with van der Waals surface area (Å²) in [6.45, 7) is -2.14. The summed E-state index contributed by atoms with van der Waals surface area (Å²) in [6, 6.07) is 9.64. The van der Waals surface area contributed by atoms with Crippen LogP contribution in [0, 0.1) is 5.21 Å². The molecule has 0 aliphatic carbocycles. The molecule has 2 aromatic carbocycles. The van der Waals surface area contributed by atoms with Gasteiger partial charge in [-0.05, 0) is 29.7 Å². The molecule has 1 fully saturated rings. The van der Waals surface area contributed by atoms with E-state index >= 15 is 0 Å². The highest BCUT2D eigenvalue weighted by Crippen LogP contribution is 2.36. The van der Waals surface area contributed by atoms with Crippen LogP contribution in [-0.4, -0.2) is 76.2 Å². The number of aromatic amines is 1. The monoisotopic (exact) mass is 523 g/mol. The minimum absolute atomic E-state index is 0.0169. The molecule has 1 aliphatic rings. The van der Waals surface area contributed by atoms with Gasteiger partial charge in [-0.1, -0.05) is 24.3 Å². The molecule has 3 aromatic rings. The van der Waals surface area contributed by atoms with Gasteiger partial charge in [-0.15, -0.1) is 0 Å². The second-order valence-electron chi connectivity index (χ2n) is 8.75. The van der Waals surface area contributed by atoms with Crippen LogP contribution < -0.4 is 10.5 Å². The van der Waals surface area contributed by atoms with Gasteiger partial charge in [0.05, 0.1) is 25.3 Å². The van der Waals surface area contributed by atoms with Gasteiger partial charge < -0.3 is 35.1 Å². The molecule has 13 heteroatoms. The van der Waals surface area contributed by atoms with Gasteiger partial charge in [0.15, 0.2) is 0 Å². The molecule has 0 spiro atoms. The van der Waals surface area contributed by atoms with Crippen LogP contribution >= 0.6 is 0 Å². The number of nitrogens with zero attached hydrogens (tertiary/aromatic N) is 2. The third kappa shape index (κ3) is 5.17. The van der Waals surface area contributed by atoms with Crippen molar-refractivity contribution in [1.82, 2.24) is 4.98 Å². The third-order valence-electron chi connectivity index (χ3n) is 6.42. The number of aliphatic hydroxyl groups excluding tert-OH is 2. The minimum atomic E-state index is -4.60. The van der Waals surface area contributed by atoms with Crippen molar-refractivity contribution in [3.05, 3.63) is 69.7 Å². The largest absolute Gasteiger partial charge is 0.622 e. The summed E-state index contributed by atoms with van der Waals surface area (Å²) in [6.07, 6.45) is -7.21. The number of benzene rings is 2. The molecule has 1 aromatic heterocycles. The maximum absolute atomic E-state index is 13.5. The lowest BCUT2D eigenvalue weighted by atomic mass is 10.0. The van der Waals surface area contributed by atoms with E-state index in [1.807, 2.05) is 0 Å². The zero-order valence-electron chi connectivity index (χ0n) is 19.3. The van der Waals surface area contributed by atoms with Crippen molar-refractivity contribution in [1.29, 1.82) is 0 Å². The highest BCUT2D eigenvalue weighted by molar-refractivity contribution is 5.88. The first-order valence-corrected chi connectivity index (χ1v) is 11.2. The van der Waals surface area contributed by atoms with E-state index in [1.165, 1.54) is 30.3 Å². The summed E-state index contributed by atoms with van der Waals surface area (Å²) in [4.78, 5) is 28.6. The Bertz CT molecular complexity index is 1360. The predicted octanol–water partition coefficient (Wildman–Crippen LogP) is 2.72. The van der Waals surface area contributed by atoms with Crippen molar-refractivity contribution in [2.75, 3.05) is 37.9 Å². The standard InChI is InChI=1S/C24H24F3N3O7/c25-24(26,27)20-4-2-1-3-18(20)21-7-14-5-6-15(8-19(14)22(33)28-21)29-9-17(37-13-29)10-30(36,23(34)35)16(11-31)12-32/h1-8,16-17,31-32H,9-13H2,(H,28,33)(H,34,35). The van der Waals surface area contributed by atoms with Gasteiger partial charge in [-0.3, -0.25) is 4.79 Å². The van der Waals surface area contributed by atoms with Crippen molar-refractivity contribution in [2.24, 2.45) is 0 Å². The lowest BCUT2D eigenvalue weighted by molar-refractivity contribution is -0.838. The molecule has 198 valence electrons. The predicted molar refractivity (Wildman–Crippen MR) is 127 cm³/mol. The van der Waals surface area contributed by atoms with E-state index < -0.39 is 59.9 Å². The number of rotatable bonds is 7. The molecule has 37 heavy (non-hydrogen) atoms. The van der Waals surface area contributed by atoms with Crippen molar-refractivity contribution in [3.8, 4) is 11.3 Å². The number of carboxylic acid groups (broad SMARTS) is 1. The SMILES string of the molecule is O=C(O)[N+]([O-])(CC1CN(c2ccc3cc(-c4ccccc4C(F)(F)F)[nH]c(=O)c3c2)CO1)C(CO)CO. The number of fused-ring (bicyclic) bond motifs is 1. The third-order valence-corrected chi connectivity index (χ3v) is 6.42. The molecule has 1 saturated heterocycles. The number of quaternary nitrogens is 1. The normalized spacial score (nSPS) is 17.9. The lowest BCUT2D eigenvalue weighted by Crippen LogP contribution is -2.60. The maximum atomic E-state index is 13.5. The second kappa shape index (κ2) is 10.1. The van der Waals surface area contributed by atoms with Crippen LogP contribution in [0.2, 0.25) is 0 Å². The zero-order valence-corrected chi connectivity index (χ0v) is 19.3. The first-order chi connectivity index (χ1) is 17.5. The Morgan fingerprint density at radius 1 is 1.19 bits per heavy atom. The number of nitrogens with one attached hydrogen (secondary N) is 1. The fraction of sp³-hybridized carbons (Fsp3) is 0.333. The van der Waals surface area contributed by atoms with Gasteiger partial charge in [-0.25, -0.2) is 4.65 Å². The second-order valence-corrected chi connectivity index (χ2v) is 8.75. The van der Waals surface area contributed by atoms with Gasteiger partial charge in [0.2, 0.25) is 0 Å². The van der Waals surface area contributed by atoms with Gasteiger partial charge in [0.25, 0.3) is 5.56 Å². The van der Waals surface area contributed by atoms with E-state index in [4.69, 9.17) is 4.74 Å². The Hall–Kier alpha value is -3.49. The number of aliphatic hydroxyl groups is 2. The van der Waals surface area contributed by atoms with E-state index in [1.54, 1.807) is 17.0 Å². The van der Waals surface area contributed by atoms with Gasteiger partial charge in [0.1, 0.15) is 25.4 Å². The number of carbonyl (C=O) groups is 1. The van der Waals surface area contributed by atoms with Crippen LogP contribution in [0.25, 0.3) is 22.0 Å². The van der Waals surface area contributed by atoms with E-state index in [0.717, 1.165) is 6.07 Å². The minimum Gasteiger partial charge on any atom is -0.622 e. The molecule has 1 amide bonds. The quantitative estimate of drug-likeness (QED) is 0.273. The van der Waals surface area contributed by atoms with Crippen LogP contribution in [-0.2, 0) is 10.9 Å². The van der Waals surface area contributed by atoms with E-state index in [0.29, 0.717) is 11.1 Å². The fourth-order valence-electron chi connectivity index (χ4n) is 4.40. The molecule has 4 N–H and O–H groups in total. The molecule has 0 saturated carbocycles. The highest BCUT2D eigenvalue weighted by atomic mass is 19.4. The molecule has 0 bridgehead atoms. The summed E-state index contributed by atoms with van der Waals surface area (Å²) in [5, 5.41) is 41.5. The number of aromatic nitrogens is 1. The van der Waals surface area contributed by atoms with E-state index in [9.17, 15) is 43.3 Å². The van der Waals surface area contributed by atoms with Crippen LogP contribution in [0.5, 0.6) is 0 Å². The van der Waals surface area contributed by atoms with Crippen LogP contribution in [0.4, 0.5) is 23.7 Å². The van der Waals surface area contributed by atoms with Gasteiger partial charge >= 0.3 is 12.3 Å². The number of alkyl halides is 3. The molecule has 2 heterocycles. The van der Waals surface area contributed by atoms with Crippen molar-refractivity contribution >= 4 is 22.6 Å². The Morgan fingerprint density at radius 2 is 1.89 bits per heavy atom. The molecule has 1 aliphatic heterocycles. The topological polar surface area (TPSA) is 146 Å². The number of hydrogen-bond donors (Lipinski definition) is 4. The number of hydrogen-bond acceptors (Lipinski definition) is 7. The number of H-pyrrole nitrogens is 1. The van der Waals surface area contributed by atoms with Crippen LogP contribution in [0.15, 0.2) is 53.3 Å². The highest BCUT2D eigenvalue weighted by Gasteiger charge is 2.41. The molecule has 0 radical (unpaired) electrons. The number of pyridine rings is 1. The van der Waals surface area contributed by atoms with Crippen LogP contribution in [0.3, 0.4) is 0 Å². The molecule has 10 nitrogen and oxygen atoms in total. The summed E-state index contributed by atoms with van der Waals surface area (Å²) >= 11 is 0. The zero-order chi connectivity index (χ0) is 27.0. The van der Waals surface area contributed by atoms with E-state index in [-0.39, 0.29) is 29.9 Å². The fourth-order valence-corrected chi connectivity index (χ4v) is 4.40. The summed E-state index contributed by atoms with van der Waals surface area (Å²) in [5.41, 5.74) is -1.10. The molecular weight excluding hydrogens is 499 g/mol. The molecule has 2 atom stereocenters. The number of hydroxylamine groups is 3. The smallest absolute Gasteiger partial charge is 0.514 e. The number of ether oxygens (including phenoxy) is 1. The molecule has 2 unspecified atom stereocenters. The van der Waals surface area contributed by atoms with Crippen molar-refractivity contribution in [3.63, 3.8) is 0 Å². The average Bonchev–Trinajstić information content (AvgIpc) is 3.32. The first-order valence-electron chi connectivity index (χ1n) is 11.2. The Kier molecular flexibility index (Phi) is 7.26. The van der Waals surface area contributed by atoms with Crippen LogP contribution in [0.1, 0.15) is 5.56 Å². The van der Waals surface area contributed by atoms with E-state index in [2.05, 4.69) is 4.98 Å². The summed E-state index contributed by atoms with van der Waals surface area (Å²) < 4.78 is 44.0. The van der Waals surface area contributed by atoms with Crippen molar-refractivity contribution < 1.29 is 42.7 Å². The summed E-state index contributed by atoms with van der Waals surface area (Å²) in [5.74, 6) is 0. The number of amides is 1. The molecule has 4 rings (SSSR count). The number of anilines is 1. The average molecular weight is 523 g/mol. The van der Waals surface area contributed by atoms with Gasteiger partial charge in [-0.2, -0.15) is 18.0 Å². The number of halogens is 3. The van der Waals surface area contributed by atoms with Gasteiger partial charge in [0, 0.05) is 22.3 Å². The first kappa shape index (κ1) is 26.6. The Balaban J connectivity index is 1.59. The maximum Gasteiger partial charge on any atom is 0.514 e. The molecular formula is C24H24F3N3O7. The summed E-state index contributed by atoms with van der Waals surface area (Å²) in [7, 11) is 0.